The van der Waals surface area contributed by atoms with E-state index in [1.54, 1.807) is 18.2 Å². The molecule has 1 aromatic rings. The van der Waals surface area contributed by atoms with Crippen LogP contribution in [0.25, 0.3) is 0 Å². The number of carbonyl (C=O) groups excluding carboxylic acids is 2. The summed E-state index contributed by atoms with van der Waals surface area (Å²) in [7, 11) is 0. The van der Waals surface area contributed by atoms with E-state index in [0.717, 1.165) is 5.56 Å². The second kappa shape index (κ2) is 4.12. The maximum Gasteiger partial charge on any atom is 0.234 e. The van der Waals surface area contributed by atoms with Crippen LogP contribution in [-0.2, 0) is 9.59 Å². The molecule has 0 saturated carbocycles. The highest BCUT2D eigenvalue weighted by Gasteiger charge is 2.38. The van der Waals surface area contributed by atoms with E-state index in [1.165, 1.54) is 4.90 Å². The normalized spacial score (nSPS) is 19.2. The number of benzene rings is 1. The number of nitrogens with zero attached hydrogens (tertiary/aromatic N) is 1. The first-order valence-electron chi connectivity index (χ1n) is 6.02. The van der Waals surface area contributed by atoms with E-state index in [1.807, 2.05) is 20.8 Å². The van der Waals surface area contributed by atoms with Gasteiger partial charge in [-0.25, -0.2) is 0 Å². The van der Waals surface area contributed by atoms with Crippen LogP contribution in [0.3, 0.4) is 0 Å². The van der Waals surface area contributed by atoms with Crippen molar-refractivity contribution in [2.45, 2.75) is 33.6 Å². The Morgan fingerprint density at radius 1 is 1.17 bits per heavy atom. The molecule has 96 valence electrons. The van der Waals surface area contributed by atoms with Gasteiger partial charge in [0.05, 0.1) is 5.69 Å². The fourth-order valence-electron chi connectivity index (χ4n) is 2.38. The molecule has 0 unspecified atom stereocenters. The molecule has 2 N–H and O–H groups in total. The predicted octanol–water partition coefficient (Wildman–Crippen LogP) is 2.26. The molecule has 2 amide bonds. The topological polar surface area (TPSA) is 63.4 Å². The van der Waals surface area contributed by atoms with Crippen LogP contribution < -0.4 is 10.6 Å². The summed E-state index contributed by atoms with van der Waals surface area (Å²) in [4.78, 5) is 25.6. The zero-order chi connectivity index (χ0) is 13.5. The van der Waals surface area contributed by atoms with Crippen molar-refractivity contribution < 1.29 is 9.59 Å². The number of piperidine rings is 1. The highest BCUT2D eigenvalue weighted by molar-refractivity contribution is 6.17. The number of imide groups is 1. The molecular formula is C14H18N2O2. The maximum atomic E-state index is 12.1. The standard InChI is InChI=1S/C14H18N2O2/c1-9-6-10(15)4-5-11(9)16-12(17)7-14(2,3)8-13(16)18/h4-6H,7-8,15H2,1-3H3. The van der Waals surface area contributed by atoms with Crippen molar-refractivity contribution in [2.75, 3.05) is 10.6 Å². The minimum absolute atomic E-state index is 0.135. The number of rotatable bonds is 1. The Morgan fingerprint density at radius 2 is 1.72 bits per heavy atom. The summed E-state index contributed by atoms with van der Waals surface area (Å²) in [5, 5.41) is 0. The number of anilines is 2. The van der Waals surface area contributed by atoms with Gasteiger partial charge in [0, 0.05) is 18.5 Å². The lowest BCUT2D eigenvalue weighted by atomic mass is 9.81. The number of amides is 2. The van der Waals surface area contributed by atoms with Gasteiger partial charge in [0.1, 0.15) is 0 Å². The highest BCUT2D eigenvalue weighted by Crippen LogP contribution is 2.35. The van der Waals surface area contributed by atoms with Gasteiger partial charge < -0.3 is 5.73 Å². The number of hydrogen-bond acceptors (Lipinski definition) is 3. The van der Waals surface area contributed by atoms with Gasteiger partial charge in [0.15, 0.2) is 0 Å². The molecule has 0 aromatic heterocycles. The Morgan fingerprint density at radius 3 is 2.22 bits per heavy atom. The van der Waals surface area contributed by atoms with Crippen molar-refractivity contribution in [3.8, 4) is 0 Å². The van der Waals surface area contributed by atoms with Crippen molar-refractivity contribution >= 4 is 23.2 Å². The first-order chi connectivity index (χ1) is 8.30. The highest BCUT2D eigenvalue weighted by atomic mass is 16.2. The first kappa shape index (κ1) is 12.6. The van der Waals surface area contributed by atoms with E-state index in [0.29, 0.717) is 24.2 Å². The Bertz CT molecular complexity index is 501. The van der Waals surface area contributed by atoms with E-state index < -0.39 is 0 Å². The molecule has 1 aliphatic rings. The molecule has 1 aliphatic heterocycles. The predicted molar refractivity (Wildman–Crippen MR) is 71.1 cm³/mol. The fourth-order valence-corrected chi connectivity index (χ4v) is 2.38. The van der Waals surface area contributed by atoms with Gasteiger partial charge in [-0.2, -0.15) is 0 Å². The van der Waals surface area contributed by atoms with Crippen molar-refractivity contribution in [1.82, 2.24) is 0 Å². The Labute approximate surface area is 107 Å². The number of carbonyl (C=O) groups is 2. The quantitative estimate of drug-likeness (QED) is 0.610. The third-order valence-corrected chi connectivity index (χ3v) is 3.22. The lowest BCUT2D eigenvalue weighted by Gasteiger charge is -2.35. The molecule has 1 saturated heterocycles. The summed E-state index contributed by atoms with van der Waals surface area (Å²) >= 11 is 0. The largest absolute Gasteiger partial charge is 0.399 e. The van der Waals surface area contributed by atoms with Crippen LogP contribution in [-0.4, -0.2) is 11.8 Å². The number of nitrogens with two attached hydrogens (primary N) is 1. The second-order valence-corrected chi connectivity index (χ2v) is 5.69. The summed E-state index contributed by atoms with van der Waals surface area (Å²) in [5.41, 5.74) is 7.56. The summed E-state index contributed by atoms with van der Waals surface area (Å²) in [6.45, 7) is 5.73. The Balaban J connectivity index is 2.39. The zero-order valence-corrected chi connectivity index (χ0v) is 11.0. The Kier molecular flexibility index (Phi) is 2.89. The maximum absolute atomic E-state index is 12.1. The second-order valence-electron chi connectivity index (χ2n) is 5.69. The first-order valence-corrected chi connectivity index (χ1v) is 6.02. The zero-order valence-electron chi connectivity index (χ0n) is 11.0. The molecule has 4 heteroatoms. The smallest absolute Gasteiger partial charge is 0.234 e. The number of aryl methyl sites for hydroxylation is 1. The third kappa shape index (κ3) is 2.23. The van der Waals surface area contributed by atoms with Crippen molar-refractivity contribution in [3.05, 3.63) is 23.8 Å². The molecule has 1 aromatic carbocycles. The van der Waals surface area contributed by atoms with E-state index in [9.17, 15) is 9.59 Å². The molecule has 1 fully saturated rings. The van der Waals surface area contributed by atoms with Crippen molar-refractivity contribution in [3.63, 3.8) is 0 Å². The number of hydrogen-bond donors (Lipinski definition) is 1. The summed E-state index contributed by atoms with van der Waals surface area (Å²) in [6.07, 6.45) is 0.783. The average Bonchev–Trinajstić information content (AvgIpc) is 2.18. The van der Waals surface area contributed by atoms with Gasteiger partial charge in [0.25, 0.3) is 0 Å². The van der Waals surface area contributed by atoms with Gasteiger partial charge >= 0.3 is 0 Å². The minimum Gasteiger partial charge on any atom is -0.399 e. The summed E-state index contributed by atoms with van der Waals surface area (Å²) in [5.74, 6) is -0.270. The molecule has 0 radical (unpaired) electrons. The van der Waals surface area contributed by atoms with Gasteiger partial charge in [-0.05, 0) is 36.1 Å². The molecular weight excluding hydrogens is 228 g/mol. The SMILES string of the molecule is Cc1cc(N)ccc1N1C(=O)CC(C)(C)CC1=O. The minimum atomic E-state index is -0.244. The lowest BCUT2D eigenvalue weighted by Crippen LogP contribution is -2.46. The summed E-state index contributed by atoms with van der Waals surface area (Å²) < 4.78 is 0. The van der Waals surface area contributed by atoms with Gasteiger partial charge in [0.2, 0.25) is 11.8 Å². The molecule has 18 heavy (non-hydrogen) atoms. The molecule has 0 atom stereocenters. The van der Waals surface area contributed by atoms with Gasteiger partial charge in [-0.15, -0.1) is 0 Å². The van der Waals surface area contributed by atoms with Crippen molar-refractivity contribution in [2.24, 2.45) is 5.41 Å². The van der Waals surface area contributed by atoms with E-state index in [-0.39, 0.29) is 17.2 Å². The van der Waals surface area contributed by atoms with Crippen molar-refractivity contribution in [1.29, 1.82) is 0 Å². The number of nitrogen functional groups attached to an aromatic ring is 1. The molecule has 0 aliphatic carbocycles. The molecule has 0 spiro atoms. The van der Waals surface area contributed by atoms with Crippen LogP contribution in [0.5, 0.6) is 0 Å². The monoisotopic (exact) mass is 246 g/mol. The average molecular weight is 246 g/mol. The molecule has 2 rings (SSSR count). The van der Waals surface area contributed by atoms with Crippen LogP contribution in [0.2, 0.25) is 0 Å². The summed E-state index contributed by atoms with van der Waals surface area (Å²) in [6, 6.07) is 5.22. The van der Waals surface area contributed by atoms with E-state index in [2.05, 4.69) is 0 Å². The van der Waals surface area contributed by atoms with E-state index in [4.69, 9.17) is 5.73 Å². The van der Waals surface area contributed by atoms with Crippen LogP contribution in [0.15, 0.2) is 18.2 Å². The van der Waals surface area contributed by atoms with Gasteiger partial charge in [-0.3, -0.25) is 14.5 Å². The molecule has 4 nitrogen and oxygen atoms in total. The van der Waals surface area contributed by atoms with Crippen LogP contribution >= 0.6 is 0 Å². The van der Waals surface area contributed by atoms with E-state index >= 15 is 0 Å². The van der Waals surface area contributed by atoms with Crippen LogP contribution in [0, 0.1) is 12.3 Å². The van der Waals surface area contributed by atoms with Crippen LogP contribution in [0.1, 0.15) is 32.3 Å². The molecule has 1 heterocycles. The molecule has 0 bridgehead atoms. The lowest BCUT2D eigenvalue weighted by molar-refractivity contribution is -0.132. The third-order valence-electron chi connectivity index (χ3n) is 3.22. The Hall–Kier alpha value is -1.84. The van der Waals surface area contributed by atoms with Gasteiger partial charge in [-0.1, -0.05) is 13.8 Å². The van der Waals surface area contributed by atoms with Crippen LogP contribution in [0.4, 0.5) is 11.4 Å². The fraction of sp³-hybridized carbons (Fsp3) is 0.429.